The fourth-order valence-electron chi connectivity index (χ4n) is 7.63. The summed E-state index contributed by atoms with van der Waals surface area (Å²) in [6.45, 7) is 7.07. The van der Waals surface area contributed by atoms with Crippen LogP contribution in [0.5, 0.6) is 5.75 Å². The molecular weight excluding hydrogens is 841 g/mol. The van der Waals surface area contributed by atoms with Gasteiger partial charge in [0.05, 0.1) is 28.9 Å². The van der Waals surface area contributed by atoms with Crippen LogP contribution in [0.15, 0.2) is 158 Å². The van der Waals surface area contributed by atoms with Crippen molar-refractivity contribution in [2.75, 3.05) is 6.61 Å². The van der Waals surface area contributed by atoms with Gasteiger partial charge in [-0.15, -0.1) is 0 Å². The van der Waals surface area contributed by atoms with E-state index in [0.717, 1.165) is 27.8 Å². The maximum atomic E-state index is 14.2. The molecule has 1 aliphatic heterocycles. The number of aryl methyl sites for hydroxylation is 2. The first-order valence-corrected chi connectivity index (χ1v) is 21.6. The van der Waals surface area contributed by atoms with Crippen LogP contribution in [0.4, 0.5) is 0 Å². The zero-order valence-corrected chi connectivity index (χ0v) is 37.0. The fraction of sp³-hybridized carbons (Fsp3) is 0.241. The van der Waals surface area contributed by atoms with Gasteiger partial charge in [0.1, 0.15) is 18.0 Å². The lowest BCUT2D eigenvalue weighted by molar-refractivity contribution is -0.284. The highest BCUT2D eigenvalue weighted by molar-refractivity contribution is 5.91. The first kappa shape index (κ1) is 46.4. The Bertz CT molecular complexity index is 2600. The summed E-state index contributed by atoms with van der Waals surface area (Å²) in [7, 11) is 0. The average molecular weight is 891 g/mol. The third-order valence-electron chi connectivity index (χ3n) is 11.0. The van der Waals surface area contributed by atoms with E-state index in [0.29, 0.717) is 18.6 Å². The lowest BCUT2D eigenvalue weighted by Crippen LogP contribution is -2.65. The number of carbonyl (C=O) groups excluding carboxylic acids is 5. The van der Waals surface area contributed by atoms with Gasteiger partial charge in [0.2, 0.25) is 12.4 Å². The number of hydrogen-bond acceptors (Lipinski definition) is 12. The standard InChI is InChI=1S/C54H50O12/c1-34-31-35(2)44(33-39-27-25-38(26-28-39)29-30-60-37(4)55)45(32-34)62-54-49(65-53(59)43-23-15-8-16-24-43)48(64-52(58)42-21-13-7-14-22-42)47(63-51(57)41-19-11-6-12-20-41)46(66-54)36(3)61-50(56)40-17-9-5-10-18-40/h5-28,31-32,36,46-49,54H,29-30,33H2,1-4H3/t36-,46-,47-,48+,49-,54-/m1/s1. The lowest BCUT2D eigenvalue weighted by Gasteiger charge is -2.45. The Balaban J connectivity index is 1.32. The summed E-state index contributed by atoms with van der Waals surface area (Å²) < 4.78 is 43.7. The average Bonchev–Trinajstić information content (AvgIpc) is 3.33. The molecule has 6 atom stereocenters. The topological polar surface area (TPSA) is 150 Å². The minimum absolute atomic E-state index is 0.164. The second kappa shape index (κ2) is 21.9. The molecular formula is C54H50O12. The van der Waals surface area contributed by atoms with E-state index >= 15 is 0 Å². The molecule has 1 saturated heterocycles. The molecule has 0 unspecified atom stereocenters. The van der Waals surface area contributed by atoms with Gasteiger partial charge in [0.15, 0.2) is 12.2 Å². The van der Waals surface area contributed by atoms with E-state index in [4.69, 9.17) is 33.2 Å². The number of carbonyl (C=O) groups is 5. The first-order chi connectivity index (χ1) is 31.9. The Kier molecular flexibility index (Phi) is 15.4. The van der Waals surface area contributed by atoms with Crippen molar-refractivity contribution in [2.45, 2.75) is 77.3 Å². The number of esters is 5. The number of rotatable bonds is 16. The van der Waals surface area contributed by atoms with Gasteiger partial charge in [-0.05, 0) is 97.6 Å². The molecule has 0 aromatic heterocycles. The van der Waals surface area contributed by atoms with Crippen molar-refractivity contribution in [3.05, 3.63) is 208 Å². The van der Waals surface area contributed by atoms with Gasteiger partial charge in [0.25, 0.3) is 0 Å². The molecule has 1 fully saturated rings. The van der Waals surface area contributed by atoms with Gasteiger partial charge in [-0.3, -0.25) is 4.79 Å². The van der Waals surface area contributed by atoms with E-state index in [2.05, 4.69) is 0 Å². The van der Waals surface area contributed by atoms with Crippen LogP contribution in [0.25, 0.3) is 0 Å². The minimum Gasteiger partial charge on any atom is -0.466 e. The second-order valence-electron chi connectivity index (χ2n) is 15.9. The van der Waals surface area contributed by atoms with Gasteiger partial charge in [-0.25, -0.2) is 19.2 Å². The quantitative estimate of drug-likeness (QED) is 0.0674. The predicted molar refractivity (Wildman–Crippen MR) is 243 cm³/mol. The molecule has 0 bridgehead atoms. The summed E-state index contributed by atoms with van der Waals surface area (Å²) >= 11 is 0. The van der Waals surface area contributed by atoms with Crippen LogP contribution in [-0.4, -0.2) is 73.3 Å². The zero-order valence-electron chi connectivity index (χ0n) is 37.0. The Morgan fingerprint density at radius 1 is 0.561 bits per heavy atom. The van der Waals surface area contributed by atoms with Crippen molar-refractivity contribution in [1.29, 1.82) is 0 Å². The molecule has 0 aliphatic carbocycles. The normalized spacial score (nSPS) is 18.2. The van der Waals surface area contributed by atoms with Crippen LogP contribution in [0.2, 0.25) is 0 Å². The van der Waals surface area contributed by atoms with E-state index in [1.54, 1.807) is 128 Å². The zero-order chi connectivity index (χ0) is 46.6. The van der Waals surface area contributed by atoms with Crippen molar-refractivity contribution in [2.24, 2.45) is 0 Å². The maximum absolute atomic E-state index is 14.2. The number of hydrogen-bond donors (Lipinski definition) is 0. The molecule has 12 heteroatoms. The van der Waals surface area contributed by atoms with E-state index in [1.807, 2.05) is 50.2 Å². The van der Waals surface area contributed by atoms with Gasteiger partial charge >= 0.3 is 29.8 Å². The van der Waals surface area contributed by atoms with Crippen LogP contribution in [0.1, 0.15) is 83.1 Å². The van der Waals surface area contributed by atoms with Crippen molar-refractivity contribution in [3.8, 4) is 5.75 Å². The number of benzene rings is 6. The van der Waals surface area contributed by atoms with E-state index in [-0.39, 0.29) is 34.8 Å². The molecule has 1 aliphatic rings. The molecule has 338 valence electrons. The molecule has 0 N–H and O–H groups in total. The maximum Gasteiger partial charge on any atom is 0.338 e. The highest BCUT2D eigenvalue weighted by Crippen LogP contribution is 2.36. The van der Waals surface area contributed by atoms with Crippen LogP contribution in [0.3, 0.4) is 0 Å². The molecule has 66 heavy (non-hydrogen) atoms. The molecule has 0 amide bonds. The van der Waals surface area contributed by atoms with Crippen LogP contribution in [0, 0.1) is 13.8 Å². The van der Waals surface area contributed by atoms with Crippen molar-refractivity contribution in [3.63, 3.8) is 0 Å². The molecule has 7 rings (SSSR count). The third-order valence-corrected chi connectivity index (χ3v) is 11.0. The molecule has 12 nitrogen and oxygen atoms in total. The lowest BCUT2D eigenvalue weighted by atomic mass is 9.94. The minimum atomic E-state index is -1.60. The summed E-state index contributed by atoms with van der Waals surface area (Å²) in [5, 5.41) is 0. The Morgan fingerprint density at radius 3 is 1.52 bits per heavy atom. The summed E-state index contributed by atoms with van der Waals surface area (Å²) in [4.78, 5) is 67.3. The molecule has 6 aromatic carbocycles. The van der Waals surface area contributed by atoms with Gasteiger partial charge in [-0.1, -0.05) is 103 Å². The van der Waals surface area contributed by atoms with Crippen LogP contribution < -0.4 is 4.74 Å². The summed E-state index contributed by atoms with van der Waals surface area (Å²) in [5.41, 5.74) is 5.22. The smallest absolute Gasteiger partial charge is 0.338 e. The first-order valence-electron chi connectivity index (χ1n) is 21.6. The van der Waals surface area contributed by atoms with Crippen LogP contribution in [-0.2, 0) is 46.1 Å². The van der Waals surface area contributed by atoms with Gasteiger partial charge in [-0.2, -0.15) is 0 Å². The molecule has 6 aromatic rings. The number of ether oxygens (including phenoxy) is 7. The van der Waals surface area contributed by atoms with Crippen LogP contribution >= 0.6 is 0 Å². The highest BCUT2D eigenvalue weighted by Gasteiger charge is 2.56. The Labute approximate surface area is 383 Å². The molecule has 1 heterocycles. The van der Waals surface area contributed by atoms with E-state index < -0.39 is 60.7 Å². The monoisotopic (exact) mass is 890 g/mol. The van der Waals surface area contributed by atoms with Gasteiger partial charge < -0.3 is 33.2 Å². The summed E-state index contributed by atoms with van der Waals surface area (Å²) in [6, 6.07) is 44.7. The molecule has 0 radical (unpaired) electrons. The van der Waals surface area contributed by atoms with Crippen molar-refractivity contribution in [1.82, 2.24) is 0 Å². The second-order valence-corrected chi connectivity index (χ2v) is 15.9. The summed E-state index contributed by atoms with van der Waals surface area (Å²) in [5.74, 6) is -3.09. The van der Waals surface area contributed by atoms with E-state index in [1.165, 1.54) is 6.92 Å². The Morgan fingerprint density at radius 2 is 1.02 bits per heavy atom. The summed E-state index contributed by atoms with van der Waals surface area (Å²) in [6.07, 6.45) is -7.88. The Hall–Kier alpha value is -7.57. The SMILES string of the molecule is CC(=O)OCCc1ccc(Cc2c(C)cc(C)cc2O[C@@H]2O[C@H]([C@@H](C)OC(=O)c3ccccc3)[C@@H](OC(=O)c3ccccc3)[C@H](OC(=O)c3ccccc3)[C@H]2OC(=O)c2ccccc2)cc1. The van der Waals surface area contributed by atoms with Crippen molar-refractivity contribution < 1.29 is 57.1 Å². The molecule has 0 saturated carbocycles. The van der Waals surface area contributed by atoms with E-state index in [9.17, 15) is 24.0 Å². The molecule has 0 spiro atoms. The fourth-order valence-corrected chi connectivity index (χ4v) is 7.63. The predicted octanol–water partition coefficient (Wildman–Crippen LogP) is 9.03. The highest BCUT2D eigenvalue weighted by atomic mass is 16.7. The van der Waals surface area contributed by atoms with Gasteiger partial charge in [0, 0.05) is 25.3 Å². The third kappa shape index (κ3) is 12.0. The largest absolute Gasteiger partial charge is 0.466 e. The van der Waals surface area contributed by atoms with Crippen molar-refractivity contribution >= 4 is 29.8 Å².